The highest BCUT2D eigenvalue weighted by Crippen LogP contribution is 2.23. The lowest BCUT2D eigenvalue weighted by atomic mass is 9.93. The Morgan fingerprint density at radius 3 is 1.98 bits per heavy atom. The Morgan fingerprint density at radius 1 is 0.735 bits per heavy atom. The third-order valence-corrected chi connectivity index (χ3v) is 8.14. The molecule has 0 saturated carbocycles. The number of aromatic nitrogens is 1. The number of aliphatic hydroxyl groups excluding tert-OH is 1. The standard InChI is InChI=1S/C39H39N5O5/c40-30-20-18-29(19-21-30)37(46)43-34(24-28-13-5-2-6-14-28)36(45)25-32(23-27-11-3-1-4-12-27)42-38(47)33-16-7-8-17-35(33)44(39(48)49)26-31-15-9-10-22-41-31/h1-22,32,34,36,45H,23-26,40H2,(H,42,47)(H,43,46)(H,48,49)/p-1/t32-,34-,36-/m0/s1. The average Bonchev–Trinajstić information content (AvgIpc) is 3.11. The first kappa shape index (κ1) is 34.3. The third-order valence-electron chi connectivity index (χ3n) is 8.14. The smallest absolute Gasteiger partial charge is 0.253 e. The number of para-hydroxylation sites is 1. The van der Waals surface area contributed by atoms with E-state index in [-0.39, 0.29) is 30.1 Å². The van der Waals surface area contributed by atoms with Crippen molar-refractivity contribution in [2.24, 2.45) is 0 Å². The highest BCUT2D eigenvalue weighted by molar-refractivity contribution is 6.03. The van der Waals surface area contributed by atoms with Gasteiger partial charge in [0.2, 0.25) is 0 Å². The van der Waals surface area contributed by atoms with Crippen molar-refractivity contribution < 1.29 is 24.6 Å². The van der Waals surface area contributed by atoms with E-state index in [4.69, 9.17) is 5.73 Å². The van der Waals surface area contributed by atoms with Gasteiger partial charge in [-0.05, 0) is 78.9 Å². The van der Waals surface area contributed by atoms with Crippen LogP contribution in [0.4, 0.5) is 16.2 Å². The first-order chi connectivity index (χ1) is 23.8. The molecule has 1 heterocycles. The van der Waals surface area contributed by atoms with E-state index in [1.54, 1.807) is 66.9 Å². The van der Waals surface area contributed by atoms with Crippen molar-refractivity contribution in [2.75, 3.05) is 10.6 Å². The topological polar surface area (TPSA) is 161 Å². The number of carboxylic acid groups (broad SMARTS) is 1. The lowest BCUT2D eigenvalue weighted by molar-refractivity contribution is -0.246. The van der Waals surface area contributed by atoms with E-state index < -0.39 is 30.2 Å². The molecule has 0 aliphatic heterocycles. The predicted octanol–water partition coefficient (Wildman–Crippen LogP) is 4.15. The second kappa shape index (κ2) is 16.7. The van der Waals surface area contributed by atoms with Gasteiger partial charge in [-0.25, -0.2) is 0 Å². The average molecular weight is 657 g/mol. The zero-order valence-electron chi connectivity index (χ0n) is 26.8. The van der Waals surface area contributed by atoms with Crippen LogP contribution in [0.2, 0.25) is 0 Å². The summed E-state index contributed by atoms with van der Waals surface area (Å²) in [4.78, 5) is 44.7. The molecule has 3 atom stereocenters. The summed E-state index contributed by atoms with van der Waals surface area (Å²) >= 11 is 0. The van der Waals surface area contributed by atoms with Crippen LogP contribution in [0.15, 0.2) is 134 Å². The van der Waals surface area contributed by atoms with E-state index in [2.05, 4.69) is 15.6 Å². The molecule has 49 heavy (non-hydrogen) atoms. The maximum atomic E-state index is 13.9. The van der Waals surface area contributed by atoms with Gasteiger partial charge in [-0.15, -0.1) is 0 Å². The SMILES string of the molecule is Nc1ccc(C(=O)N[C@@H](Cc2ccccc2)[C@@H](O)C[C@H](Cc2ccccc2)NC(=O)c2ccccc2N(Cc2ccccn2)C(=O)[O-])cc1. The molecule has 10 heteroatoms. The Kier molecular flexibility index (Phi) is 11.7. The molecule has 0 aliphatic rings. The third kappa shape index (κ3) is 9.75. The van der Waals surface area contributed by atoms with E-state index >= 15 is 0 Å². The van der Waals surface area contributed by atoms with Crippen molar-refractivity contribution in [2.45, 2.75) is 44.0 Å². The van der Waals surface area contributed by atoms with E-state index in [1.165, 1.54) is 6.07 Å². The minimum Gasteiger partial charge on any atom is -0.530 e. The van der Waals surface area contributed by atoms with Crippen molar-refractivity contribution in [3.05, 3.63) is 162 Å². The van der Waals surface area contributed by atoms with Crippen LogP contribution in [-0.4, -0.2) is 46.2 Å². The first-order valence-electron chi connectivity index (χ1n) is 16.0. The summed E-state index contributed by atoms with van der Waals surface area (Å²) in [7, 11) is 0. The van der Waals surface area contributed by atoms with Crippen LogP contribution in [0.1, 0.15) is 44.0 Å². The number of anilines is 2. The molecular formula is C39H38N5O5-. The summed E-state index contributed by atoms with van der Waals surface area (Å²) in [5.41, 5.74) is 9.31. The number of amides is 3. The highest BCUT2D eigenvalue weighted by Gasteiger charge is 2.28. The molecule has 0 saturated heterocycles. The number of nitrogen functional groups attached to an aromatic ring is 1. The van der Waals surface area contributed by atoms with E-state index in [0.717, 1.165) is 16.0 Å². The molecule has 5 aromatic rings. The number of nitrogens with one attached hydrogen (secondary N) is 2. The predicted molar refractivity (Wildman–Crippen MR) is 187 cm³/mol. The molecule has 0 fully saturated rings. The molecule has 0 aliphatic carbocycles. The van der Waals surface area contributed by atoms with Gasteiger partial charge in [0.25, 0.3) is 11.8 Å². The van der Waals surface area contributed by atoms with Gasteiger partial charge in [-0.3, -0.25) is 14.6 Å². The van der Waals surface area contributed by atoms with Gasteiger partial charge >= 0.3 is 0 Å². The number of aliphatic hydroxyl groups is 1. The molecule has 1 aromatic heterocycles. The van der Waals surface area contributed by atoms with Crippen molar-refractivity contribution in [1.29, 1.82) is 0 Å². The number of pyridine rings is 1. The Balaban J connectivity index is 1.40. The van der Waals surface area contributed by atoms with Crippen LogP contribution < -0.4 is 26.4 Å². The van der Waals surface area contributed by atoms with Crippen LogP contribution >= 0.6 is 0 Å². The molecule has 0 radical (unpaired) electrons. The van der Waals surface area contributed by atoms with Crippen LogP contribution in [0.5, 0.6) is 0 Å². The number of hydrogen-bond acceptors (Lipinski definition) is 7. The van der Waals surface area contributed by atoms with Crippen LogP contribution in [0.25, 0.3) is 0 Å². The quantitative estimate of drug-likeness (QED) is 0.131. The number of nitrogens with two attached hydrogens (primary N) is 1. The molecule has 0 bridgehead atoms. The first-order valence-corrected chi connectivity index (χ1v) is 16.0. The number of rotatable bonds is 14. The highest BCUT2D eigenvalue weighted by atomic mass is 16.4. The second-order valence-corrected chi connectivity index (χ2v) is 11.7. The zero-order chi connectivity index (χ0) is 34.6. The molecule has 10 nitrogen and oxygen atoms in total. The molecule has 0 unspecified atom stereocenters. The summed E-state index contributed by atoms with van der Waals surface area (Å²) in [5, 5.41) is 30.1. The van der Waals surface area contributed by atoms with Gasteiger partial charge in [0.05, 0.1) is 35.6 Å². The zero-order valence-corrected chi connectivity index (χ0v) is 26.8. The molecule has 5 rings (SSSR count). The normalized spacial score (nSPS) is 12.7. The minimum atomic E-state index is -1.48. The lowest BCUT2D eigenvalue weighted by Crippen LogP contribution is -2.49. The van der Waals surface area contributed by atoms with Crippen molar-refractivity contribution in [3.63, 3.8) is 0 Å². The summed E-state index contributed by atoms with van der Waals surface area (Å²) in [6.45, 7) is -0.117. The van der Waals surface area contributed by atoms with Gasteiger partial charge in [0.1, 0.15) is 6.09 Å². The van der Waals surface area contributed by atoms with Crippen molar-refractivity contribution in [3.8, 4) is 0 Å². The van der Waals surface area contributed by atoms with Crippen LogP contribution in [0, 0.1) is 0 Å². The van der Waals surface area contributed by atoms with Crippen molar-refractivity contribution in [1.82, 2.24) is 15.6 Å². The summed E-state index contributed by atoms with van der Waals surface area (Å²) in [5.74, 6) is -0.894. The van der Waals surface area contributed by atoms with E-state index in [0.29, 0.717) is 29.8 Å². The number of carbonyl (C=O) groups is 3. The summed E-state index contributed by atoms with van der Waals surface area (Å²) in [6, 6.07) is 35.8. The lowest BCUT2D eigenvalue weighted by Gasteiger charge is -2.30. The van der Waals surface area contributed by atoms with Crippen LogP contribution in [-0.2, 0) is 19.4 Å². The van der Waals surface area contributed by atoms with Gasteiger partial charge in [-0.2, -0.15) is 0 Å². The van der Waals surface area contributed by atoms with Gasteiger partial charge in [0.15, 0.2) is 0 Å². The monoisotopic (exact) mass is 656 g/mol. The molecule has 0 spiro atoms. The largest absolute Gasteiger partial charge is 0.530 e. The summed E-state index contributed by atoms with van der Waals surface area (Å²) in [6.07, 6.45) is -0.210. The molecule has 4 aromatic carbocycles. The Labute approximate surface area is 285 Å². The van der Waals surface area contributed by atoms with Gasteiger partial charge < -0.3 is 36.3 Å². The second-order valence-electron chi connectivity index (χ2n) is 11.7. The fourth-order valence-electron chi connectivity index (χ4n) is 5.65. The number of benzene rings is 4. The Bertz CT molecular complexity index is 1820. The van der Waals surface area contributed by atoms with Crippen LogP contribution in [0.3, 0.4) is 0 Å². The maximum Gasteiger partial charge on any atom is 0.253 e. The fraction of sp³-hybridized carbons (Fsp3) is 0.179. The summed E-state index contributed by atoms with van der Waals surface area (Å²) < 4.78 is 0. The molecule has 5 N–H and O–H groups in total. The molecule has 250 valence electrons. The van der Waals surface area contributed by atoms with Crippen molar-refractivity contribution >= 4 is 29.3 Å². The fourth-order valence-corrected chi connectivity index (χ4v) is 5.65. The van der Waals surface area contributed by atoms with Gasteiger partial charge in [-0.1, -0.05) is 78.9 Å². The molecule has 3 amide bonds. The number of nitrogens with zero attached hydrogens (tertiary/aromatic N) is 2. The number of hydrogen-bond donors (Lipinski definition) is 4. The van der Waals surface area contributed by atoms with E-state index in [9.17, 15) is 24.6 Å². The van der Waals surface area contributed by atoms with E-state index in [1.807, 2.05) is 60.7 Å². The molecular weight excluding hydrogens is 618 g/mol. The Morgan fingerprint density at radius 2 is 1.35 bits per heavy atom. The number of carbonyl (C=O) groups excluding carboxylic acids is 3. The maximum absolute atomic E-state index is 13.9. The minimum absolute atomic E-state index is 0.0838. The Hall–Kier alpha value is -6.00. The van der Waals surface area contributed by atoms with Gasteiger partial charge in [0, 0.05) is 23.5 Å².